The molecular weight excluding hydrogens is 674 g/mol. The quantitative estimate of drug-likeness (QED) is 0.161. The third kappa shape index (κ3) is 6.77. The van der Waals surface area contributed by atoms with Gasteiger partial charge < -0.3 is 24.8 Å². The molecule has 0 aromatic heterocycles. The molecule has 2 heterocycles. The first-order chi connectivity index (χ1) is 22.3. The van der Waals surface area contributed by atoms with Crippen molar-refractivity contribution in [2.75, 3.05) is 24.1 Å². The number of fused-ring (bicyclic) bond motifs is 1. The van der Waals surface area contributed by atoms with Crippen molar-refractivity contribution in [1.82, 2.24) is 5.32 Å². The number of imide groups is 1. The molecule has 0 spiro atoms. The van der Waals surface area contributed by atoms with Gasteiger partial charge in [-0.25, -0.2) is 4.90 Å². The topological polar surface area (TPSA) is 123 Å². The van der Waals surface area contributed by atoms with Crippen molar-refractivity contribution in [2.24, 2.45) is 0 Å². The lowest BCUT2D eigenvalue weighted by molar-refractivity contribution is -0.121. The van der Waals surface area contributed by atoms with Crippen molar-refractivity contribution in [3.63, 3.8) is 0 Å². The molecule has 0 saturated carbocycles. The van der Waals surface area contributed by atoms with E-state index < -0.39 is 17.1 Å². The van der Waals surface area contributed by atoms with E-state index in [0.717, 1.165) is 4.47 Å². The van der Waals surface area contributed by atoms with Gasteiger partial charge in [-0.2, -0.15) is 0 Å². The van der Waals surface area contributed by atoms with Crippen LogP contribution in [0.25, 0.3) is 6.08 Å². The summed E-state index contributed by atoms with van der Waals surface area (Å²) in [5.41, 5.74) is 1.81. The van der Waals surface area contributed by atoms with Crippen LogP contribution in [0, 0.1) is 0 Å². The van der Waals surface area contributed by atoms with Gasteiger partial charge in [0.15, 0.2) is 11.5 Å². The second-order valence-electron chi connectivity index (χ2n) is 10.2. The van der Waals surface area contributed by atoms with Gasteiger partial charge in [-0.3, -0.25) is 19.2 Å². The molecule has 46 heavy (non-hydrogen) atoms. The van der Waals surface area contributed by atoms with Crippen LogP contribution in [0.4, 0.5) is 11.4 Å². The number of anilines is 2. The largest absolute Gasteiger partial charge is 0.493 e. The summed E-state index contributed by atoms with van der Waals surface area (Å²) in [4.78, 5) is 54.6. The Morgan fingerprint density at radius 1 is 0.978 bits per heavy atom. The Balaban J connectivity index is 1.22. The summed E-state index contributed by atoms with van der Waals surface area (Å²) >= 11 is 4.61. The summed E-state index contributed by atoms with van der Waals surface area (Å²) in [7, 11) is 1.49. The van der Waals surface area contributed by atoms with E-state index in [1.54, 1.807) is 91.0 Å². The zero-order chi connectivity index (χ0) is 32.2. The number of nitrogens with zero attached hydrogens (tertiary/aromatic N) is 1. The van der Waals surface area contributed by atoms with Crippen molar-refractivity contribution in [3.8, 4) is 17.2 Å². The molecular formula is C34H26BrN3O7S. The number of rotatable bonds is 9. The van der Waals surface area contributed by atoms with Gasteiger partial charge in [0, 0.05) is 27.0 Å². The molecule has 1 saturated heterocycles. The van der Waals surface area contributed by atoms with Gasteiger partial charge >= 0.3 is 0 Å². The minimum Gasteiger partial charge on any atom is -0.493 e. The van der Waals surface area contributed by atoms with Crippen LogP contribution in [0.3, 0.4) is 0 Å². The fourth-order valence-electron chi connectivity index (χ4n) is 4.91. The number of carbonyl (C=O) groups excluding carboxylic acids is 4. The van der Waals surface area contributed by atoms with Crippen LogP contribution in [0.2, 0.25) is 0 Å². The fraction of sp³-hybridized carbons (Fsp3) is 0.118. The van der Waals surface area contributed by atoms with E-state index in [0.29, 0.717) is 44.6 Å². The number of hydrogen-bond acceptors (Lipinski definition) is 8. The van der Waals surface area contributed by atoms with Crippen LogP contribution >= 0.6 is 27.7 Å². The van der Waals surface area contributed by atoms with Crippen LogP contribution in [0.15, 0.2) is 106 Å². The van der Waals surface area contributed by atoms with E-state index in [-0.39, 0.29) is 30.7 Å². The average molecular weight is 701 g/mol. The molecule has 0 radical (unpaired) electrons. The third-order valence-corrected chi connectivity index (χ3v) is 8.79. The van der Waals surface area contributed by atoms with E-state index in [9.17, 15) is 19.2 Å². The number of carbonyl (C=O) groups is 4. The van der Waals surface area contributed by atoms with Gasteiger partial charge in [0.1, 0.15) is 5.70 Å². The highest BCUT2D eigenvalue weighted by Gasteiger charge is 2.40. The highest BCUT2D eigenvalue weighted by molar-refractivity contribution is 9.10. The molecule has 232 valence electrons. The van der Waals surface area contributed by atoms with Crippen LogP contribution in [-0.4, -0.2) is 42.8 Å². The summed E-state index contributed by atoms with van der Waals surface area (Å²) in [6, 6.07) is 25.8. The molecule has 1 atom stereocenters. The van der Waals surface area contributed by atoms with Crippen molar-refractivity contribution in [1.29, 1.82) is 0 Å². The number of benzene rings is 4. The van der Waals surface area contributed by atoms with Gasteiger partial charge in [-0.05, 0) is 78.4 Å². The first kappa shape index (κ1) is 30.9. The van der Waals surface area contributed by atoms with Crippen LogP contribution < -0.4 is 29.7 Å². The summed E-state index contributed by atoms with van der Waals surface area (Å²) in [5, 5.41) is 4.93. The van der Waals surface area contributed by atoms with Gasteiger partial charge in [0.2, 0.25) is 24.4 Å². The highest BCUT2D eigenvalue weighted by Crippen LogP contribution is 2.42. The predicted octanol–water partition coefficient (Wildman–Crippen LogP) is 6.02. The van der Waals surface area contributed by atoms with Gasteiger partial charge in [0.25, 0.3) is 11.8 Å². The number of nitrogens with one attached hydrogen (secondary N) is 2. The fourth-order valence-corrected chi connectivity index (χ4v) is 6.29. The molecule has 0 aliphatic carbocycles. The molecule has 0 unspecified atom stereocenters. The molecule has 2 N–H and O–H groups in total. The van der Waals surface area contributed by atoms with E-state index in [2.05, 4.69) is 26.6 Å². The van der Waals surface area contributed by atoms with Crippen LogP contribution in [-0.2, 0) is 14.4 Å². The first-order valence-corrected chi connectivity index (χ1v) is 15.7. The monoisotopic (exact) mass is 699 g/mol. The number of halogens is 1. The van der Waals surface area contributed by atoms with Gasteiger partial charge in [0.05, 0.1) is 18.0 Å². The van der Waals surface area contributed by atoms with Crippen LogP contribution in [0.1, 0.15) is 22.3 Å². The molecule has 2 aliphatic rings. The Labute approximate surface area is 276 Å². The molecule has 1 fully saturated rings. The second-order valence-corrected chi connectivity index (χ2v) is 12.4. The lowest BCUT2D eigenvalue weighted by Crippen LogP contribution is -2.31. The first-order valence-electron chi connectivity index (χ1n) is 14.1. The summed E-state index contributed by atoms with van der Waals surface area (Å²) < 4.78 is 17.3. The second kappa shape index (κ2) is 13.5. The molecule has 2 aliphatic heterocycles. The summed E-state index contributed by atoms with van der Waals surface area (Å²) in [5.74, 6) is -0.328. The Morgan fingerprint density at radius 2 is 1.76 bits per heavy atom. The molecule has 4 aromatic carbocycles. The lowest BCUT2D eigenvalue weighted by atomic mass is 10.1. The minimum absolute atomic E-state index is 0.0328. The highest BCUT2D eigenvalue weighted by atomic mass is 79.9. The van der Waals surface area contributed by atoms with Gasteiger partial charge in [-0.15, -0.1) is 11.8 Å². The summed E-state index contributed by atoms with van der Waals surface area (Å²) in [6.07, 6.45) is 1.56. The Bertz CT molecular complexity index is 1860. The molecule has 0 bridgehead atoms. The molecule has 6 rings (SSSR count). The maximum absolute atomic E-state index is 13.6. The van der Waals surface area contributed by atoms with Crippen molar-refractivity contribution >= 4 is 68.8 Å². The Hall–Kier alpha value is -5.07. The zero-order valence-corrected chi connectivity index (χ0v) is 26.7. The van der Waals surface area contributed by atoms with E-state index in [1.807, 2.05) is 0 Å². The number of methoxy groups -OCH3 is 1. The van der Waals surface area contributed by atoms with E-state index in [4.69, 9.17) is 14.2 Å². The normalized spacial score (nSPS) is 15.6. The van der Waals surface area contributed by atoms with Crippen molar-refractivity contribution in [3.05, 3.63) is 112 Å². The maximum Gasteiger partial charge on any atom is 0.272 e. The lowest BCUT2D eigenvalue weighted by Gasteiger charge is -2.15. The molecule has 10 nitrogen and oxygen atoms in total. The summed E-state index contributed by atoms with van der Waals surface area (Å²) in [6.45, 7) is 0.0359. The standard InChI is InChI=1S/C34H26BrN3O7S/c1-43-27-15-20(16-28-31(27)45-19-44-28)14-26(37-32(40)21-6-3-2-4-7-21)33(41)36-23-8-5-9-25(17-23)46-29-18-30(39)38(34(29)42)24-12-10-22(35)11-13-24/h2-17,29H,18-19H2,1H3,(H,36,41)(H,37,40)/b26-14-/t29-/m0/s1. The number of thioether (sulfide) groups is 1. The smallest absolute Gasteiger partial charge is 0.272 e. The molecule has 12 heteroatoms. The number of amides is 4. The zero-order valence-electron chi connectivity index (χ0n) is 24.3. The Morgan fingerprint density at radius 3 is 2.52 bits per heavy atom. The molecule has 4 aromatic rings. The minimum atomic E-state index is -0.622. The predicted molar refractivity (Wildman–Crippen MR) is 177 cm³/mol. The van der Waals surface area contributed by atoms with E-state index in [1.165, 1.54) is 29.8 Å². The Kier molecular flexibility index (Phi) is 9.08. The molecule has 4 amide bonds. The van der Waals surface area contributed by atoms with Crippen LogP contribution in [0.5, 0.6) is 17.2 Å². The average Bonchev–Trinajstić information content (AvgIpc) is 3.64. The number of ether oxygens (including phenoxy) is 3. The maximum atomic E-state index is 13.6. The third-order valence-electron chi connectivity index (χ3n) is 7.08. The number of hydrogen-bond donors (Lipinski definition) is 2. The van der Waals surface area contributed by atoms with E-state index >= 15 is 0 Å². The van der Waals surface area contributed by atoms with Crippen molar-refractivity contribution < 1.29 is 33.4 Å². The SMILES string of the molecule is COc1cc(/C=C(\NC(=O)c2ccccc2)C(=O)Nc2cccc(S[C@H]3CC(=O)N(c4ccc(Br)cc4)C3=O)c2)cc2c1OCO2. The van der Waals surface area contributed by atoms with Gasteiger partial charge in [-0.1, -0.05) is 40.2 Å². The van der Waals surface area contributed by atoms with Crippen molar-refractivity contribution in [2.45, 2.75) is 16.6 Å².